The molecule has 0 heterocycles. The van der Waals surface area contributed by atoms with Crippen molar-refractivity contribution in [1.29, 1.82) is 0 Å². The van der Waals surface area contributed by atoms with Crippen molar-refractivity contribution < 1.29 is 5.11 Å². The summed E-state index contributed by atoms with van der Waals surface area (Å²) in [7, 11) is 0. The van der Waals surface area contributed by atoms with Gasteiger partial charge in [0.05, 0.1) is 5.60 Å². The van der Waals surface area contributed by atoms with Gasteiger partial charge in [0.15, 0.2) is 0 Å². The highest BCUT2D eigenvalue weighted by atomic mass is 16.3. The van der Waals surface area contributed by atoms with E-state index in [1.54, 1.807) is 0 Å². The third-order valence-electron chi connectivity index (χ3n) is 3.51. The SMILES string of the molecule is CC(C)[C@H]1C=C[C@](C)(O)CC=C[C@H](C)CC1. The Balaban J connectivity index is 2.79. The topological polar surface area (TPSA) is 20.2 Å². The lowest BCUT2D eigenvalue weighted by Crippen LogP contribution is -2.21. The molecule has 0 aromatic carbocycles. The molecule has 0 aliphatic heterocycles. The molecular weight excluding hydrogens is 196 g/mol. The van der Waals surface area contributed by atoms with Crippen LogP contribution in [0.15, 0.2) is 24.3 Å². The zero-order chi connectivity index (χ0) is 12.2. The van der Waals surface area contributed by atoms with Crippen LogP contribution in [0, 0.1) is 17.8 Å². The summed E-state index contributed by atoms with van der Waals surface area (Å²) in [6.07, 6.45) is 11.7. The molecule has 0 unspecified atom stereocenters. The molecule has 92 valence electrons. The molecule has 0 aromatic rings. The number of hydrogen-bond acceptors (Lipinski definition) is 1. The van der Waals surface area contributed by atoms with Gasteiger partial charge >= 0.3 is 0 Å². The second-order valence-electron chi connectivity index (χ2n) is 5.81. The van der Waals surface area contributed by atoms with E-state index >= 15 is 0 Å². The molecule has 1 rings (SSSR count). The molecule has 3 atom stereocenters. The maximum absolute atomic E-state index is 10.1. The fraction of sp³-hybridized carbons (Fsp3) is 0.733. The maximum Gasteiger partial charge on any atom is 0.0834 e. The molecular formula is C15H26O. The van der Waals surface area contributed by atoms with Gasteiger partial charge in [-0.3, -0.25) is 0 Å². The van der Waals surface area contributed by atoms with Gasteiger partial charge in [-0.2, -0.15) is 0 Å². The van der Waals surface area contributed by atoms with E-state index in [4.69, 9.17) is 0 Å². The van der Waals surface area contributed by atoms with Crippen molar-refractivity contribution in [1.82, 2.24) is 0 Å². The smallest absolute Gasteiger partial charge is 0.0834 e. The summed E-state index contributed by atoms with van der Waals surface area (Å²) in [5.74, 6) is 1.88. The van der Waals surface area contributed by atoms with E-state index in [0.717, 1.165) is 6.42 Å². The molecule has 1 N–H and O–H groups in total. The Morgan fingerprint density at radius 1 is 1.25 bits per heavy atom. The lowest BCUT2D eigenvalue weighted by atomic mass is 9.85. The predicted octanol–water partition coefficient (Wildman–Crippen LogP) is 3.94. The first-order chi connectivity index (χ1) is 7.41. The van der Waals surface area contributed by atoms with E-state index in [1.807, 2.05) is 13.0 Å². The van der Waals surface area contributed by atoms with Crippen LogP contribution in [-0.4, -0.2) is 10.7 Å². The zero-order valence-corrected chi connectivity index (χ0v) is 11.1. The fourth-order valence-electron chi connectivity index (χ4n) is 2.14. The normalized spacial score (nSPS) is 36.6. The van der Waals surface area contributed by atoms with Crippen molar-refractivity contribution >= 4 is 0 Å². The quantitative estimate of drug-likeness (QED) is 0.666. The summed E-state index contributed by atoms with van der Waals surface area (Å²) < 4.78 is 0. The highest BCUT2D eigenvalue weighted by Crippen LogP contribution is 2.25. The van der Waals surface area contributed by atoms with Crippen LogP contribution >= 0.6 is 0 Å². The lowest BCUT2D eigenvalue weighted by molar-refractivity contribution is 0.114. The van der Waals surface area contributed by atoms with Crippen LogP contribution in [0.25, 0.3) is 0 Å². The zero-order valence-electron chi connectivity index (χ0n) is 11.1. The summed E-state index contributed by atoms with van der Waals surface area (Å²) in [4.78, 5) is 0. The molecule has 1 heteroatoms. The Labute approximate surface area is 100 Å². The Morgan fingerprint density at radius 3 is 2.56 bits per heavy atom. The standard InChI is InChI=1S/C15H26O/c1-12(2)14-8-7-13(3)6-5-10-15(4,16)11-9-14/h5-6,9,11-14,16H,7-8,10H2,1-4H3/t13-,14+,15+/m0/s1. The van der Waals surface area contributed by atoms with Crippen molar-refractivity contribution in [2.75, 3.05) is 0 Å². The van der Waals surface area contributed by atoms with Crippen LogP contribution in [0.4, 0.5) is 0 Å². The largest absolute Gasteiger partial charge is 0.386 e. The number of rotatable bonds is 1. The molecule has 0 fully saturated rings. The van der Waals surface area contributed by atoms with Gasteiger partial charge in [-0.15, -0.1) is 0 Å². The molecule has 1 aliphatic carbocycles. The third-order valence-corrected chi connectivity index (χ3v) is 3.51. The first kappa shape index (κ1) is 13.5. The van der Waals surface area contributed by atoms with E-state index in [9.17, 15) is 5.11 Å². The minimum atomic E-state index is -0.680. The van der Waals surface area contributed by atoms with Gasteiger partial charge in [0.1, 0.15) is 0 Å². The van der Waals surface area contributed by atoms with Crippen LogP contribution in [0.1, 0.15) is 47.0 Å². The molecule has 0 bridgehead atoms. The van der Waals surface area contributed by atoms with Gasteiger partial charge in [-0.1, -0.05) is 45.1 Å². The highest BCUT2D eigenvalue weighted by Gasteiger charge is 2.18. The van der Waals surface area contributed by atoms with Crippen LogP contribution in [0.3, 0.4) is 0 Å². The Hall–Kier alpha value is -0.560. The van der Waals surface area contributed by atoms with E-state index < -0.39 is 5.60 Å². The monoisotopic (exact) mass is 222 g/mol. The van der Waals surface area contributed by atoms with Crippen LogP contribution in [0.5, 0.6) is 0 Å². The van der Waals surface area contributed by atoms with Crippen LogP contribution in [-0.2, 0) is 0 Å². The summed E-state index contributed by atoms with van der Waals surface area (Å²) >= 11 is 0. The molecule has 16 heavy (non-hydrogen) atoms. The average Bonchev–Trinajstić information content (AvgIpc) is 2.16. The van der Waals surface area contributed by atoms with Crippen LogP contribution in [0.2, 0.25) is 0 Å². The molecule has 0 aromatic heterocycles. The Kier molecular flexibility index (Phi) is 4.79. The van der Waals surface area contributed by atoms with Gasteiger partial charge in [0.25, 0.3) is 0 Å². The molecule has 0 radical (unpaired) electrons. The summed E-state index contributed by atoms with van der Waals surface area (Å²) in [6, 6.07) is 0. The first-order valence-electron chi connectivity index (χ1n) is 6.49. The van der Waals surface area contributed by atoms with Gasteiger partial charge in [-0.25, -0.2) is 0 Å². The van der Waals surface area contributed by atoms with Crippen LogP contribution < -0.4 is 0 Å². The van der Waals surface area contributed by atoms with E-state index in [-0.39, 0.29) is 0 Å². The third kappa shape index (κ3) is 4.52. The van der Waals surface area contributed by atoms with Crippen molar-refractivity contribution in [3.8, 4) is 0 Å². The number of hydrogen-bond donors (Lipinski definition) is 1. The first-order valence-corrected chi connectivity index (χ1v) is 6.49. The fourth-order valence-corrected chi connectivity index (χ4v) is 2.14. The molecule has 0 amide bonds. The number of allylic oxidation sites excluding steroid dienone is 2. The van der Waals surface area contributed by atoms with Gasteiger partial charge < -0.3 is 5.11 Å². The predicted molar refractivity (Wildman–Crippen MR) is 70.2 cm³/mol. The average molecular weight is 222 g/mol. The lowest BCUT2D eigenvalue weighted by Gasteiger charge is -2.23. The maximum atomic E-state index is 10.1. The van der Waals surface area contributed by atoms with E-state index in [1.165, 1.54) is 12.8 Å². The minimum absolute atomic E-state index is 0.598. The van der Waals surface area contributed by atoms with E-state index in [0.29, 0.717) is 17.8 Å². The molecule has 0 saturated heterocycles. The van der Waals surface area contributed by atoms with Gasteiger partial charge in [-0.05, 0) is 43.9 Å². The van der Waals surface area contributed by atoms with Crippen molar-refractivity contribution in [2.24, 2.45) is 17.8 Å². The minimum Gasteiger partial charge on any atom is -0.386 e. The van der Waals surface area contributed by atoms with Crippen molar-refractivity contribution in [2.45, 2.75) is 52.6 Å². The molecule has 1 aliphatic rings. The summed E-state index contributed by atoms with van der Waals surface area (Å²) in [5.41, 5.74) is -0.680. The second-order valence-corrected chi connectivity index (χ2v) is 5.81. The number of aliphatic hydroxyl groups is 1. The van der Waals surface area contributed by atoms with E-state index in [2.05, 4.69) is 39.0 Å². The molecule has 0 saturated carbocycles. The Morgan fingerprint density at radius 2 is 1.94 bits per heavy atom. The molecule has 1 nitrogen and oxygen atoms in total. The molecule has 0 spiro atoms. The van der Waals surface area contributed by atoms with Crippen molar-refractivity contribution in [3.63, 3.8) is 0 Å². The van der Waals surface area contributed by atoms with Gasteiger partial charge in [0, 0.05) is 0 Å². The Bertz CT molecular complexity index is 261. The summed E-state index contributed by atoms with van der Waals surface area (Å²) in [6.45, 7) is 8.66. The van der Waals surface area contributed by atoms with Crippen molar-refractivity contribution in [3.05, 3.63) is 24.3 Å². The van der Waals surface area contributed by atoms with Gasteiger partial charge in [0.2, 0.25) is 0 Å². The second kappa shape index (κ2) is 5.67. The highest BCUT2D eigenvalue weighted by molar-refractivity contribution is 5.06. The summed E-state index contributed by atoms with van der Waals surface area (Å²) in [5, 5.41) is 10.1.